The van der Waals surface area contributed by atoms with Crippen molar-refractivity contribution in [3.63, 3.8) is 0 Å². The summed E-state index contributed by atoms with van der Waals surface area (Å²) in [5.74, 6) is 0.0889. The highest BCUT2D eigenvalue weighted by atomic mass is 31.2. The molecule has 1 N–H and O–H groups in total. The fourth-order valence-corrected chi connectivity index (χ4v) is 4.27. The molecule has 0 aliphatic heterocycles. The van der Waals surface area contributed by atoms with E-state index < -0.39 is 7.82 Å². The van der Waals surface area contributed by atoms with E-state index >= 15 is 0 Å². The molecule has 0 heterocycles. The van der Waals surface area contributed by atoms with E-state index in [2.05, 4.69) is 6.92 Å². The third-order valence-corrected chi connectivity index (χ3v) is 6.73. The Bertz CT molecular complexity index is 493. The number of carbonyl (C=O) groups excluding carboxylic acids is 1. The van der Waals surface area contributed by atoms with Gasteiger partial charge in [-0.3, -0.25) is 13.8 Å². The fourth-order valence-electron chi connectivity index (χ4n) is 3.56. The Kier molecular flexibility index (Phi) is 20.0. The molecular formula is C25H53NO5P+. The topological polar surface area (TPSA) is 72.8 Å². The first-order valence-electron chi connectivity index (χ1n) is 13.1. The van der Waals surface area contributed by atoms with Gasteiger partial charge in [-0.05, 0) is 6.42 Å². The van der Waals surface area contributed by atoms with Gasteiger partial charge in [0.1, 0.15) is 18.9 Å². The summed E-state index contributed by atoms with van der Waals surface area (Å²) in [5.41, 5.74) is 0. The molecule has 0 aromatic heterocycles. The Balaban J connectivity index is 3.42. The lowest BCUT2D eigenvalue weighted by molar-refractivity contribution is -0.870. The number of nitrogens with zero attached hydrogens (tertiary/aromatic N) is 1. The lowest BCUT2D eigenvalue weighted by Gasteiger charge is -2.23. The second-order valence-corrected chi connectivity index (χ2v) is 11.6. The molecule has 0 aromatic rings. The van der Waals surface area contributed by atoms with E-state index in [1.807, 2.05) is 21.1 Å². The van der Waals surface area contributed by atoms with E-state index in [0.29, 0.717) is 17.4 Å². The summed E-state index contributed by atoms with van der Waals surface area (Å²) in [6, 6.07) is 0. The number of rotatable bonds is 24. The van der Waals surface area contributed by atoms with Crippen molar-refractivity contribution in [1.29, 1.82) is 0 Å². The van der Waals surface area contributed by atoms with Crippen molar-refractivity contribution in [2.45, 2.75) is 116 Å². The molecule has 6 nitrogen and oxygen atoms in total. The van der Waals surface area contributed by atoms with Gasteiger partial charge in [0.15, 0.2) is 0 Å². The lowest BCUT2D eigenvalue weighted by Crippen LogP contribution is -2.37. The number of unbranched alkanes of at least 4 members (excludes halogenated alkanes) is 14. The summed E-state index contributed by atoms with van der Waals surface area (Å²) in [5, 5.41) is 0. The third kappa shape index (κ3) is 24.4. The van der Waals surface area contributed by atoms with Gasteiger partial charge in [0.05, 0.1) is 27.7 Å². The third-order valence-electron chi connectivity index (χ3n) is 5.71. The lowest BCUT2D eigenvalue weighted by atomic mass is 10.0. The number of phosphoric acid groups is 1. The van der Waals surface area contributed by atoms with E-state index in [9.17, 15) is 14.3 Å². The first-order chi connectivity index (χ1) is 15.2. The number of carbonyl (C=O) groups is 1. The number of Topliss-reactive ketones (excluding diaryl/α,β-unsaturated/α-hetero) is 1. The van der Waals surface area contributed by atoms with Gasteiger partial charge in [0.25, 0.3) is 0 Å². The highest BCUT2D eigenvalue weighted by Gasteiger charge is 2.22. The number of hydrogen-bond donors (Lipinski definition) is 1. The minimum Gasteiger partial charge on any atom is -0.329 e. The molecule has 0 aliphatic rings. The largest absolute Gasteiger partial charge is 0.472 e. The van der Waals surface area contributed by atoms with Crippen LogP contribution in [-0.4, -0.2) is 56.1 Å². The van der Waals surface area contributed by atoms with E-state index in [0.717, 1.165) is 12.8 Å². The minimum absolute atomic E-state index is 0.0598. The van der Waals surface area contributed by atoms with Crippen LogP contribution in [0.5, 0.6) is 0 Å². The molecule has 0 rings (SSSR count). The monoisotopic (exact) mass is 478 g/mol. The smallest absolute Gasteiger partial charge is 0.329 e. The predicted molar refractivity (Wildman–Crippen MR) is 134 cm³/mol. The van der Waals surface area contributed by atoms with Crippen molar-refractivity contribution in [2.75, 3.05) is 40.9 Å². The SMILES string of the molecule is CCCCCCCCCCCCCCCCCC(=O)CCOP(=O)(O)OCC[N+](C)(C)C. The van der Waals surface area contributed by atoms with Crippen molar-refractivity contribution >= 4 is 13.6 Å². The molecule has 1 unspecified atom stereocenters. The fraction of sp³-hybridized carbons (Fsp3) is 0.960. The molecule has 0 fully saturated rings. The van der Waals surface area contributed by atoms with E-state index in [1.54, 1.807) is 0 Å². The van der Waals surface area contributed by atoms with Crippen LogP contribution < -0.4 is 0 Å². The van der Waals surface area contributed by atoms with Gasteiger partial charge in [-0.15, -0.1) is 0 Å². The number of hydrogen-bond acceptors (Lipinski definition) is 4. The van der Waals surface area contributed by atoms with Crippen LogP contribution >= 0.6 is 7.82 Å². The molecule has 0 saturated heterocycles. The van der Waals surface area contributed by atoms with Gasteiger partial charge in [0, 0.05) is 12.8 Å². The number of phosphoric ester groups is 1. The number of likely N-dealkylation sites (N-methyl/N-ethyl adjacent to an activating group) is 1. The molecular weight excluding hydrogens is 425 g/mol. The molecule has 0 bridgehead atoms. The number of quaternary nitrogens is 1. The van der Waals surface area contributed by atoms with Gasteiger partial charge < -0.3 is 9.38 Å². The maximum atomic E-state index is 11.9. The zero-order chi connectivity index (χ0) is 24.1. The molecule has 0 spiro atoms. The summed E-state index contributed by atoms with van der Waals surface area (Å²) in [6.07, 6.45) is 20.3. The highest BCUT2D eigenvalue weighted by molar-refractivity contribution is 7.47. The minimum atomic E-state index is -4.06. The Morgan fingerprint density at radius 1 is 0.688 bits per heavy atom. The maximum Gasteiger partial charge on any atom is 0.472 e. The van der Waals surface area contributed by atoms with Crippen LogP contribution in [0.3, 0.4) is 0 Å². The van der Waals surface area contributed by atoms with Crippen LogP contribution in [0.25, 0.3) is 0 Å². The van der Waals surface area contributed by atoms with Crippen LogP contribution in [-0.2, 0) is 18.4 Å². The average Bonchev–Trinajstić information content (AvgIpc) is 2.69. The molecule has 0 saturated carbocycles. The van der Waals surface area contributed by atoms with Crippen LogP contribution in [0.4, 0.5) is 0 Å². The van der Waals surface area contributed by atoms with Crippen molar-refractivity contribution < 1.29 is 27.8 Å². The molecule has 0 aromatic carbocycles. The van der Waals surface area contributed by atoms with Gasteiger partial charge in [-0.25, -0.2) is 4.57 Å². The number of ketones is 1. The van der Waals surface area contributed by atoms with Gasteiger partial charge in [0.2, 0.25) is 0 Å². The Morgan fingerprint density at radius 3 is 1.53 bits per heavy atom. The van der Waals surface area contributed by atoms with Crippen LogP contribution in [0.15, 0.2) is 0 Å². The molecule has 7 heteroatoms. The zero-order valence-electron chi connectivity index (χ0n) is 21.6. The van der Waals surface area contributed by atoms with Crippen molar-refractivity contribution in [2.24, 2.45) is 0 Å². The molecule has 0 radical (unpaired) electrons. The highest BCUT2D eigenvalue weighted by Crippen LogP contribution is 2.43. The first-order valence-corrected chi connectivity index (χ1v) is 14.6. The Labute approximate surface area is 198 Å². The summed E-state index contributed by atoms with van der Waals surface area (Å²) < 4.78 is 22.3. The second kappa shape index (κ2) is 20.1. The summed E-state index contributed by atoms with van der Waals surface area (Å²) in [6.45, 7) is 2.95. The van der Waals surface area contributed by atoms with Crippen molar-refractivity contribution in [1.82, 2.24) is 0 Å². The quantitative estimate of drug-likeness (QED) is 0.0914. The van der Waals surface area contributed by atoms with Crippen LogP contribution in [0, 0.1) is 0 Å². The van der Waals surface area contributed by atoms with Crippen LogP contribution in [0.1, 0.15) is 116 Å². The van der Waals surface area contributed by atoms with Gasteiger partial charge >= 0.3 is 7.82 Å². The van der Waals surface area contributed by atoms with E-state index in [1.165, 1.54) is 83.5 Å². The van der Waals surface area contributed by atoms with E-state index in [-0.39, 0.29) is 25.4 Å². The van der Waals surface area contributed by atoms with Crippen molar-refractivity contribution in [3.05, 3.63) is 0 Å². The van der Waals surface area contributed by atoms with E-state index in [4.69, 9.17) is 9.05 Å². The molecule has 0 aliphatic carbocycles. The summed E-state index contributed by atoms with van der Waals surface area (Å²) in [4.78, 5) is 21.5. The standard InChI is InChI=1S/C25H52NO5P/c1-5-6-7-8-9-10-11-12-13-14-15-16-17-18-19-20-25(27)21-23-30-32(28,29)31-24-22-26(2,3)4/h5-24H2,1-4H3/p+1. The molecule has 1 atom stereocenters. The maximum absolute atomic E-state index is 11.9. The Hall–Kier alpha value is -0.260. The molecule has 192 valence electrons. The van der Waals surface area contributed by atoms with Crippen LogP contribution in [0.2, 0.25) is 0 Å². The van der Waals surface area contributed by atoms with Crippen molar-refractivity contribution in [3.8, 4) is 0 Å². The second-order valence-electron chi connectivity index (χ2n) is 10.1. The van der Waals surface area contributed by atoms with Gasteiger partial charge in [-0.1, -0.05) is 96.8 Å². The first kappa shape index (κ1) is 31.7. The predicted octanol–water partition coefficient (Wildman–Crippen LogP) is 7.05. The Morgan fingerprint density at radius 2 is 1.09 bits per heavy atom. The zero-order valence-corrected chi connectivity index (χ0v) is 22.5. The summed E-state index contributed by atoms with van der Waals surface area (Å²) in [7, 11) is 1.87. The summed E-state index contributed by atoms with van der Waals surface area (Å²) >= 11 is 0. The van der Waals surface area contributed by atoms with Gasteiger partial charge in [-0.2, -0.15) is 0 Å². The molecule has 0 amide bonds. The normalized spacial score (nSPS) is 13.9. The average molecular weight is 479 g/mol. The molecule has 32 heavy (non-hydrogen) atoms.